The van der Waals surface area contributed by atoms with Gasteiger partial charge in [0.05, 0.1) is 16.2 Å². The van der Waals surface area contributed by atoms with Crippen molar-refractivity contribution in [1.29, 1.82) is 0 Å². The zero-order valence-electron chi connectivity index (χ0n) is 13.4. The summed E-state index contributed by atoms with van der Waals surface area (Å²) >= 11 is 0. The van der Waals surface area contributed by atoms with Crippen LogP contribution in [0.15, 0.2) is 36.4 Å². The van der Waals surface area contributed by atoms with Crippen molar-refractivity contribution in [2.24, 2.45) is 0 Å². The number of carbonyl (C=O) groups excluding carboxylic acids is 2. The van der Waals surface area contributed by atoms with Crippen LogP contribution in [-0.2, 0) is 9.53 Å². The lowest BCUT2D eigenvalue weighted by atomic mass is 10.1. The normalized spacial score (nSPS) is 11.5. The van der Waals surface area contributed by atoms with Crippen molar-refractivity contribution in [3.8, 4) is 0 Å². The summed E-state index contributed by atoms with van der Waals surface area (Å²) in [5.74, 6) is -3.76. The Hall–Kier alpha value is -3.56. The molecule has 1 atom stereocenters. The Kier molecular flexibility index (Phi) is 5.45. The van der Waals surface area contributed by atoms with Crippen LogP contribution in [0.1, 0.15) is 17.3 Å². The van der Waals surface area contributed by atoms with Crippen molar-refractivity contribution in [3.63, 3.8) is 0 Å². The number of halogens is 2. The third kappa shape index (κ3) is 4.29. The van der Waals surface area contributed by atoms with E-state index < -0.39 is 34.5 Å². The highest BCUT2D eigenvalue weighted by molar-refractivity contribution is 5.99. The minimum absolute atomic E-state index is 0.0715. The van der Waals surface area contributed by atoms with E-state index in [1.807, 2.05) is 0 Å². The van der Waals surface area contributed by atoms with E-state index in [-0.39, 0.29) is 22.6 Å². The average molecular weight is 365 g/mol. The van der Waals surface area contributed by atoms with E-state index in [9.17, 15) is 28.5 Å². The van der Waals surface area contributed by atoms with Crippen LogP contribution < -0.4 is 11.1 Å². The monoisotopic (exact) mass is 365 g/mol. The summed E-state index contributed by atoms with van der Waals surface area (Å²) < 4.78 is 31.3. The van der Waals surface area contributed by atoms with Gasteiger partial charge in [0, 0.05) is 23.9 Å². The van der Waals surface area contributed by atoms with Crippen molar-refractivity contribution < 1.29 is 28.0 Å². The van der Waals surface area contributed by atoms with Crippen LogP contribution in [0.3, 0.4) is 0 Å². The Morgan fingerprint density at radius 3 is 2.54 bits per heavy atom. The molecule has 1 amide bonds. The van der Waals surface area contributed by atoms with E-state index in [0.29, 0.717) is 6.07 Å². The van der Waals surface area contributed by atoms with Crippen molar-refractivity contribution in [2.45, 2.75) is 13.0 Å². The summed E-state index contributed by atoms with van der Waals surface area (Å²) in [7, 11) is 0. The molecule has 2 aromatic carbocycles. The van der Waals surface area contributed by atoms with Gasteiger partial charge in [-0.1, -0.05) is 0 Å². The number of amides is 1. The molecule has 0 fully saturated rings. The molecule has 0 saturated heterocycles. The molecule has 8 nitrogen and oxygen atoms in total. The number of anilines is 2. The molecule has 0 aromatic heterocycles. The van der Waals surface area contributed by atoms with E-state index in [4.69, 9.17) is 10.5 Å². The van der Waals surface area contributed by atoms with Gasteiger partial charge >= 0.3 is 5.97 Å². The standard InChI is InChI=1S/C16H13F2N3O5/c1-8(15(22)20-14-5-2-9(17)6-12(14)18)26-16(23)11-7-10(21(24)25)3-4-13(11)19/h2-8H,19H2,1H3,(H,20,22). The number of benzene rings is 2. The van der Waals surface area contributed by atoms with Gasteiger partial charge in [-0.05, 0) is 25.1 Å². The molecule has 0 spiro atoms. The Labute approximate surface area is 145 Å². The largest absolute Gasteiger partial charge is 0.449 e. The number of nitro groups is 1. The highest BCUT2D eigenvalue weighted by Gasteiger charge is 2.23. The Morgan fingerprint density at radius 2 is 1.92 bits per heavy atom. The molecule has 0 radical (unpaired) electrons. The number of hydrogen-bond donors (Lipinski definition) is 2. The van der Waals surface area contributed by atoms with Crippen LogP contribution >= 0.6 is 0 Å². The Bertz CT molecular complexity index is 888. The number of rotatable bonds is 5. The van der Waals surface area contributed by atoms with Crippen LogP contribution in [0.4, 0.5) is 25.8 Å². The third-order valence-corrected chi connectivity index (χ3v) is 3.31. The summed E-state index contributed by atoms with van der Waals surface area (Å²) in [5.41, 5.74) is 4.56. The van der Waals surface area contributed by atoms with Crippen LogP contribution in [0, 0.1) is 21.7 Å². The maximum Gasteiger partial charge on any atom is 0.341 e. The summed E-state index contributed by atoms with van der Waals surface area (Å²) in [5, 5.41) is 12.9. The van der Waals surface area contributed by atoms with Crippen molar-refractivity contribution in [1.82, 2.24) is 0 Å². The number of nitro benzene ring substituents is 1. The van der Waals surface area contributed by atoms with Crippen LogP contribution in [0.5, 0.6) is 0 Å². The number of carbonyl (C=O) groups is 2. The van der Waals surface area contributed by atoms with Crippen molar-refractivity contribution in [2.75, 3.05) is 11.1 Å². The zero-order chi connectivity index (χ0) is 19.4. The minimum atomic E-state index is -1.37. The molecule has 2 rings (SSSR count). The van der Waals surface area contributed by atoms with E-state index in [0.717, 1.165) is 30.3 Å². The van der Waals surface area contributed by atoms with E-state index in [2.05, 4.69) is 5.32 Å². The number of ether oxygens (including phenoxy) is 1. The van der Waals surface area contributed by atoms with Gasteiger partial charge in [0.1, 0.15) is 11.6 Å². The van der Waals surface area contributed by atoms with Crippen LogP contribution in [0.2, 0.25) is 0 Å². The number of nitrogens with zero attached hydrogens (tertiary/aromatic N) is 1. The van der Waals surface area contributed by atoms with Gasteiger partial charge in [-0.25, -0.2) is 13.6 Å². The smallest absolute Gasteiger partial charge is 0.341 e. The second-order valence-electron chi connectivity index (χ2n) is 5.19. The first-order chi connectivity index (χ1) is 12.2. The fraction of sp³-hybridized carbons (Fsp3) is 0.125. The van der Waals surface area contributed by atoms with Gasteiger partial charge in [-0.3, -0.25) is 14.9 Å². The predicted octanol–water partition coefficient (Wildman–Crippen LogP) is 2.64. The van der Waals surface area contributed by atoms with Gasteiger partial charge in [-0.15, -0.1) is 0 Å². The molecular formula is C16H13F2N3O5. The van der Waals surface area contributed by atoms with Gasteiger partial charge in [0.2, 0.25) is 0 Å². The lowest BCUT2D eigenvalue weighted by Gasteiger charge is -2.14. The lowest BCUT2D eigenvalue weighted by Crippen LogP contribution is -2.30. The molecule has 0 aliphatic rings. The predicted molar refractivity (Wildman–Crippen MR) is 87.4 cm³/mol. The summed E-state index contributed by atoms with van der Waals surface area (Å²) in [4.78, 5) is 34.1. The SMILES string of the molecule is CC(OC(=O)c1cc([N+](=O)[O-])ccc1N)C(=O)Nc1ccc(F)cc1F. The molecule has 26 heavy (non-hydrogen) atoms. The zero-order valence-corrected chi connectivity index (χ0v) is 13.4. The van der Waals surface area contributed by atoms with Gasteiger partial charge in [0.25, 0.3) is 11.6 Å². The van der Waals surface area contributed by atoms with E-state index in [1.165, 1.54) is 6.92 Å². The third-order valence-electron chi connectivity index (χ3n) is 3.31. The quantitative estimate of drug-likeness (QED) is 0.363. The molecule has 136 valence electrons. The molecular weight excluding hydrogens is 352 g/mol. The van der Waals surface area contributed by atoms with Gasteiger partial charge in [-0.2, -0.15) is 0 Å². The highest BCUT2D eigenvalue weighted by atomic mass is 19.1. The molecule has 10 heteroatoms. The van der Waals surface area contributed by atoms with Gasteiger partial charge in [0.15, 0.2) is 6.10 Å². The molecule has 3 N–H and O–H groups in total. The van der Waals surface area contributed by atoms with Crippen molar-refractivity contribution in [3.05, 3.63) is 63.7 Å². The fourth-order valence-corrected chi connectivity index (χ4v) is 1.94. The molecule has 0 aliphatic heterocycles. The highest BCUT2D eigenvalue weighted by Crippen LogP contribution is 2.21. The van der Waals surface area contributed by atoms with Crippen molar-refractivity contribution >= 4 is 28.9 Å². The fourth-order valence-electron chi connectivity index (χ4n) is 1.94. The first-order valence-corrected chi connectivity index (χ1v) is 7.20. The molecule has 1 unspecified atom stereocenters. The van der Waals surface area contributed by atoms with E-state index in [1.54, 1.807) is 0 Å². The molecule has 0 saturated carbocycles. The summed E-state index contributed by atoms with van der Waals surface area (Å²) in [6.45, 7) is 1.21. The first-order valence-electron chi connectivity index (χ1n) is 7.20. The molecule has 0 aliphatic carbocycles. The second-order valence-corrected chi connectivity index (χ2v) is 5.19. The maximum absolute atomic E-state index is 13.5. The molecule has 0 bridgehead atoms. The summed E-state index contributed by atoms with van der Waals surface area (Å²) in [6, 6.07) is 5.72. The number of nitrogen functional groups attached to an aromatic ring is 1. The number of esters is 1. The molecule has 2 aromatic rings. The first kappa shape index (κ1) is 18.8. The second kappa shape index (κ2) is 7.55. The number of hydrogen-bond acceptors (Lipinski definition) is 6. The van der Waals surface area contributed by atoms with Gasteiger partial charge < -0.3 is 15.8 Å². The minimum Gasteiger partial charge on any atom is -0.449 e. The summed E-state index contributed by atoms with van der Waals surface area (Å²) in [6.07, 6.45) is -1.37. The number of nitrogens with one attached hydrogen (secondary N) is 1. The lowest BCUT2D eigenvalue weighted by molar-refractivity contribution is -0.384. The average Bonchev–Trinajstić information content (AvgIpc) is 2.57. The van der Waals surface area contributed by atoms with Crippen LogP contribution in [-0.4, -0.2) is 22.9 Å². The Balaban J connectivity index is 2.10. The number of nitrogens with two attached hydrogens (primary N) is 1. The van der Waals surface area contributed by atoms with Crippen LogP contribution in [0.25, 0.3) is 0 Å². The van der Waals surface area contributed by atoms with E-state index >= 15 is 0 Å². The topological polar surface area (TPSA) is 125 Å². The number of non-ortho nitro benzene ring substituents is 1. The molecule has 0 heterocycles. The Morgan fingerprint density at radius 1 is 1.23 bits per heavy atom. The maximum atomic E-state index is 13.5.